The number of alkyl halides is 2. The maximum Gasteiger partial charge on any atom is 0.387 e. The summed E-state index contributed by atoms with van der Waals surface area (Å²) in [6, 6.07) is 11.2. The van der Waals surface area contributed by atoms with Gasteiger partial charge in [-0.3, -0.25) is 0 Å². The van der Waals surface area contributed by atoms with Crippen LogP contribution in [0.1, 0.15) is 36.4 Å². The van der Waals surface area contributed by atoms with Crippen LogP contribution in [0.25, 0.3) is 0 Å². The smallest absolute Gasteiger partial charge is 0.387 e. The Balaban J connectivity index is 2.03. The monoisotopic (exact) mass is 297 g/mol. The molecule has 0 fully saturated rings. The summed E-state index contributed by atoms with van der Waals surface area (Å²) >= 11 is 1.69. The van der Waals surface area contributed by atoms with Crippen LogP contribution in [-0.2, 0) is 0 Å². The summed E-state index contributed by atoms with van der Waals surface area (Å²) < 4.78 is 28.8. The highest BCUT2D eigenvalue weighted by Crippen LogP contribution is 2.25. The predicted molar refractivity (Wildman–Crippen MR) is 77.4 cm³/mol. The van der Waals surface area contributed by atoms with Crippen molar-refractivity contribution in [2.45, 2.75) is 32.5 Å². The molecule has 2 atom stereocenters. The molecule has 1 aromatic heterocycles. The summed E-state index contributed by atoms with van der Waals surface area (Å²) in [7, 11) is 0. The first kappa shape index (κ1) is 14.9. The molecule has 1 heterocycles. The molecule has 0 aliphatic heterocycles. The van der Waals surface area contributed by atoms with E-state index in [9.17, 15) is 8.78 Å². The number of halogens is 2. The number of nitrogens with one attached hydrogen (secondary N) is 1. The second-order valence-corrected chi connectivity index (χ2v) is 5.56. The minimum Gasteiger partial charge on any atom is -0.435 e. The highest BCUT2D eigenvalue weighted by Gasteiger charge is 2.13. The Labute approximate surface area is 121 Å². The average molecular weight is 297 g/mol. The number of thiophene rings is 1. The predicted octanol–water partition coefficient (Wildman–Crippen LogP) is 4.76. The second kappa shape index (κ2) is 6.81. The Kier molecular flexibility index (Phi) is 5.09. The van der Waals surface area contributed by atoms with Gasteiger partial charge in [-0.15, -0.1) is 11.3 Å². The van der Waals surface area contributed by atoms with Gasteiger partial charge in [-0.1, -0.05) is 18.2 Å². The third-order valence-electron chi connectivity index (χ3n) is 3.05. The van der Waals surface area contributed by atoms with Crippen molar-refractivity contribution in [3.8, 4) is 5.75 Å². The second-order valence-electron chi connectivity index (χ2n) is 4.58. The van der Waals surface area contributed by atoms with Crippen LogP contribution >= 0.6 is 11.3 Å². The molecule has 2 rings (SSSR count). The topological polar surface area (TPSA) is 21.3 Å². The van der Waals surface area contributed by atoms with E-state index in [4.69, 9.17) is 0 Å². The van der Waals surface area contributed by atoms with Crippen molar-refractivity contribution >= 4 is 11.3 Å². The quantitative estimate of drug-likeness (QED) is 0.830. The van der Waals surface area contributed by atoms with Gasteiger partial charge < -0.3 is 10.1 Å². The molecular weight excluding hydrogens is 280 g/mol. The van der Waals surface area contributed by atoms with Crippen LogP contribution in [0, 0.1) is 0 Å². The van der Waals surface area contributed by atoms with Gasteiger partial charge in [-0.2, -0.15) is 8.78 Å². The van der Waals surface area contributed by atoms with E-state index in [-0.39, 0.29) is 17.8 Å². The van der Waals surface area contributed by atoms with Gasteiger partial charge in [0, 0.05) is 17.0 Å². The minimum atomic E-state index is -2.79. The summed E-state index contributed by atoms with van der Waals surface area (Å²) in [5, 5.41) is 5.48. The zero-order valence-corrected chi connectivity index (χ0v) is 12.2. The van der Waals surface area contributed by atoms with Crippen molar-refractivity contribution in [1.82, 2.24) is 5.32 Å². The van der Waals surface area contributed by atoms with E-state index in [0.29, 0.717) is 0 Å². The Hall–Kier alpha value is -1.46. The van der Waals surface area contributed by atoms with Gasteiger partial charge in [-0.05, 0) is 43.0 Å². The molecule has 2 unspecified atom stereocenters. The Morgan fingerprint density at radius 1 is 1.10 bits per heavy atom. The van der Waals surface area contributed by atoms with Crippen molar-refractivity contribution in [2.75, 3.05) is 0 Å². The number of hydrogen-bond donors (Lipinski definition) is 1. The van der Waals surface area contributed by atoms with Crippen molar-refractivity contribution in [2.24, 2.45) is 0 Å². The summed E-state index contributed by atoms with van der Waals surface area (Å²) in [5.41, 5.74) is 0.923. The zero-order chi connectivity index (χ0) is 14.5. The molecule has 0 saturated carbocycles. The largest absolute Gasteiger partial charge is 0.435 e. The van der Waals surface area contributed by atoms with Gasteiger partial charge in [0.15, 0.2) is 0 Å². The van der Waals surface area contributed by atoms with E-state index in [0.717, 1.165) is 5.56 Å². The van der Waals surface area contributed by atoms with E-state index in [1.807, 2.05) is 24.4 Å². The van der Waals surface area contributed by atoms with Crippen molar-refractivity contribution in [3.63, 3.8) is 0 Å². The first-order valence-electron chi connectivity index (χ1n) is 6.40. The molecule has 0 aliphatic rings. The summed E-state index contributed by atoms with van der Waals surface area (Å²) in [6.07, 6.45) is 0. The van der Waals surface area contributed by atoms with Crippen LogP contribution < -0.4 is 10.1 Å². The Bertz CT molecular complexity index is 530. The molecule has 20 heavy (non-hydrogen) atoms. The molecule has 0 bridgehead atoms. The molecule has 1 N–H and O–H groups in total. The molecule has 1 aromatic carbocycles. The summed E-state index contributed by atoms with van der Waals surface area (Å²) in [4.78, 5) is 1.25. The fourth-order valence-corrected chi connectivity index (χ4v) is 2.79. The van der Waals surface area contributed by atoms with Gasteiger partial charge in [-0.25, -0.2) is 0 Å². The van der Waals surface area contributed by atoms with Gasteiger partial charge in [0.05, 0.1) is 0 Å². The van der Waals surface area contributed by atoms with E-state index in [2.05, 4.69) is 23.0 Å². The lowest BCUT2D eigenvalue weighted by Gasteiger charge is -2.20. The fourth-order valence-electron chi connectivity index (χ4n) is 2.05. The molecule has 5 heteroatoms. The maximum atomic E-state index is 12.2. The number of ether oxygens (including phenoxy) is 1. The summed E-state index contributed by atoms with van der Waals surface area (Å²) in [5.74, 6) is 0.190. The number of benzene rings is 1. The molecule has 0 aliphatic carbocycles. The van der Waals surface area contributed by atoms with Crippen LogP contribution in [0.3, 0.4) is 0 Å². The van der Waals surface area contributed by atoms with E-state index in [1.165, 1.54) is 10.9 Å². The van der Waals surface area contributed by atoms with Gasteiger partial charge in [0.2, 0.25) is 0 Å². The number of hydrogen-bond acceptors (Lipinski definition) is 3. The Morgan fingerprint density at radius 3 is 2.55 bits per heavy atom. The molecule has 108 valence electrons. The molecule has 0 amide bonds. The van der Waals surface area contributed by atoms with Crippen LogP contribution in [-0.4, -0.2) is 6.61 Å². The first-order chi connectivity index (χ1) is 9.56. The average Bonchev–Trinajstić information content (AvgIpc) is 2.92. The number of rotatable bonds is 6. The molecule has 0 spiro atoms. The van der Waals surface area contributed by atoms with Gasteiger partial charge >= 0.3 is 6.61 Å². The fraction of sp³-hybridized carbons (Fsp3) is 0.333. The van der Waals surface area contributed by atoms with Crippen LogP contribution in [0.15, 0.2) is 41.8 Å². The normalized spacial score (nSPS) is 14.2. The lowest BCUT2D eigenvalue weighted by molar-refractivity contribution is -0.0499. The highest BCUT2D eigenvalue weighted by atomic mass is 32.1. The van der Waals surface area contributed by atoms with E-state index < -0.39 is 6.61 Å². The molecule has 0 saturated heterocycles. The summed E-state index contributed by atoms with van der Waals surface area (Å²) in [6.45, 7) is 1.30. The van der Waals surface area contributed by atoms with Gasteiger partial charge in [0.25, 0.3) is 0 Å². The van der Waals surface area contributed by atoms with E-state index >= 15 is 0 Å². The highest BCUT2D eigenvalue weighted by molar-refractivity contribution is 7.10. The van der Waals surface area contributed by atoms with Crippen LogP contribution in [0.5, 0.6) is 5.75 Å². The van der Waals surface area contributed by atoms with Crippen LogP contribution in [0.4, 0.5) is 8.78 Å². The minimum absolute atomic E-state index is 0.0494. The lowest BCUT2D eigenvalue weighted by atomic mass is 10.1. The molecular formula is C15H17F2NOS. The zero-order valence-electron chi connectivity index (χ0n) is 11.3. The third kappa shape index (κ3) is 4.02. The maximum absolute atomic E-state index is 12.2. The van der Waals surface area contributed by atoms with Crippen LogP contribution in [0.2, 0.25) is 0 Å². The molecule has 2 aromatic rings. The van der Waals surface area contributed by atoms with Gasteiger partial charge in [0.1, 0.15) is 5.75 Å². The third-order valence-corrected chi connectivity index (χ3v) is 4.11. The lowest BCUT2D eigenvalue weighted by Crippen LogP contribution is -2.21. The molecule has 0 radical (unpaired) electrons. The first-order valence-corrected chi connectivity index (χ1v) is 7.28. The molecule has 2 nitrogen and oxygen atoms in total. The Morgan fingerprint density at radius 2 is 1.90 bits per heavy atom. The van der Waals surface area contributed by atoms with Crippen molar-refractivity contribution in [3.05, 3.63) is 52.2 Å². The van der Waals surface area contributed by atoms with Crippen molar-refractivity contribution in [1.29, 1.82) is 0 Å². The van der Waals surface area contributed by atoms with E-state index in [1.54, 1.807) is 23.5 Å². The van der Waals surface area contributed by atoms with Crippen molar-refractivity contribution < 1.29 is 13.5 Å². The standard InChI is InChI=1S/C15H17F2NOS/c1-10(18-11(2)14-7-4-8-20-14)12-5-3-6-13(9-12)19-15(16)17/h3-11,15,18H,1-2H3. The SMILES string of the molecule is CC(NC(C)c1cccs1)c1cccc(OC(F)F)c1.